The average Bonchev–Trinajstić information content (AvgIpc) is 2.77. The lowest BCUT2D eigenvalue weighted by Gasteiger charge is -2.36. The van der Waals surface area contributed by atoms with Crippen molar-refractivity contribution in [2.24, 2.45) is 5.92 Å². The number of carbonyl (C=O) groups excluding carboxylic acids is 1. The molecule has 0 unspecified atom stereocenters. The number of para-hydroxylation sites is 2. The maximum absolute atomic E-state index is 11.9. The van der Waals surface area contributed by atoms with E-state index in [4.69, 9.17) is 5.11 Å². The van der Waals surface area contributed by atoms with Gasteiger partial charge >= 0.3 is 5.97 Å². The van der Waals surface area contributed by atoms with Crippen LogP contribution >= 0.6 is 0 Å². The summed E-state index contributed by atoms with van der Waals surface area (Å²) in [7, 11) is 0. The standard InChI is InChI=1S/C14H15N3O3/c18-13(17-7-10(8-17)14(19)20)5-6-16-9-15-11-3-1-2-4-12(11)16/h1-4,9-10H,5-8H2,(H,19,20). The summed E-state index contributed by atoms with van der Waals surface area (Å²) in [6.45, 7) is 1.23. The summed E-state index contributed by atoms with van der Waals surface area (Å²) >= 11 is 0. The predicted octanol–water partition coefficient (Wildman–Crippen LogP) is 0.969. The first-order valence-corrected chi connectivity index (χ1v) is 6.55. The van der Waals surface area contributed by atoms with Crippen LogP contribution in [-0.4, -0.2) is 44.5 Å². The Morgan fingerprint density at radius 3 is 2.80 bits per heavy atom. The summed E-state index contributed by atoms with van der Waals surface area (Å²) in [5.74, 6) is -1.22. The van der Waals surface area contributed by atoms with Crippen LogP contribution in [0.3, 0.4) is 0 Å². The number of imidazole rings is 1. The highest BCUT2D eigenvalue weighted by Gasteiger charge is 2.35. The van der Waals surface area contributed by atoms with Gasteiger partial charge in [0.2, 0.25) is 5.91 Å². The molecule has 0 bridgehead atoms. The molecule has 1 amide bonds. The summed E-state index contributed by atoms with van der Waals surface area (Å²) in [5, 5.41) is 8.78. The van der Waals surface area contributed by atoms with E-state index >= 15 is 0 Å². The van der Waals surface area contributed by atoms with Crippen LogP contribution in [0.1, 0.15) is 6.42 Å². The number of amides is 1. The molecule has 1 fully saturated rings. The van der Waals surface area contributed by atoms with Gasteiger partial charge in [0, 0.05) is 26.1 Å². The third kappa shape index (κ3) is 2.24. The van der Waals surface area contributed by atoms with E-state index in [1.807, 2.05) is 28.8 Å². The van der Waals surface area contributed by atoms with Gasteiger partial charge in [-0.05, 0) is 12.1 Å². The smallest absolute Gasteiger partial charge is 0.310 e. The van der Waals surface area contributed by atoms with Gasteiger partial charge in [-0.2, -0.15) is 0 Å². The minimum atomic E-state index is -0.824. The van der Waals surface area contributed by atoms with E-state index in [2.05, 4.69) is 4.98 Å². The van der Waals surface area contributed by atoms with Crippen molar-refractivity contribution in [3.63, 3.8) is 0 Å². The number of carbonyl (C=O) groups is 2. The Balaban J connectivity index is 1.57. The number of benzene rings is 1. The van der Waals surface area contributed by atoms with Crippen LogP contribution in [0, 0.1) is 5.92 Å². The van der Waals surface area contributed by atoms with Crippen molar-refractivity contribution in [1.29, 1.82) is 0 Å². The third-order valence-corrected chi connectivity index (χ3v) is 3.68. The van der Waals surface area contributed by atoms with Crippen LogP contribution in [0.2, 0.25) is 0 Å². The molecule has 1 aliphatic heterocycles. The fourth-order valence-corrected chi connectivity index (χ4v) is 2.40. The number of aliphatic carboxylic acids is 1. The third-order valence-electron chi connectivity index (χ3n) is 3.68. The van der Waals surface area contributed by atoms with Crippen LogP contribution in [-0.2, 0) is 16.1 Å². The molecule has 0 radical (unpaired) electrons. The van der Waals surface area contributed by atoms with E-state index in [-0.39, 0.29) is 5.91 Å². The molecule has 6 nitrogen and oxygen atoms in total. The second-order valence-electron chi connectivity index (χ2n) is 5.01. The summed E-state index contributed by atoms with van der Waals surface area (Å²) in [6, 6.07) is 7.77. The molecule has 0 saturated carbocycles. The molecule has 104 valence electrons. The number of hydrogen-bond acceptors (Lipinski definition) is 3. The Morgan fingerprint density at radius 1 is 1.30 bits per heavy atom. The van der Waals surface area contributed by atoms with Gasteiger partial charge in [-0.15, -0.1) is 0 Å². The van der Waals surface area contributed by atoms with Gasteiger partial charge in [0.1, 0.15) is 0 Å². The van der Waals surface area contributed by atoms with Crippen molar-refractivity contribution in [2.45, 2.75) is 13.0 Å². The molecular formula is C14H15N3O3. The van der Waals surface area contributed by atoms with Gasteiger partial charge in [-0.1, -0.05) is 12.1 Å². The highest BCUT2D eigenvalue weighted by molar-refractivity contribution is 5.81. The van der Waals surface area contributed by atoms with Crippen LogP contribution in [0.4, 0.5) is 0 Å². The predicted molar refractivity (Wildman–Crippen MR) is 72.1 cm³/mol. The first kappa shape index (κ1) is 12.7. The summed E-state index contributed by atoms with van der Waals surface area (Å²) in [6.07, 6.45) is 2.10. The lowest BCUT2D eigenvalue weighted by molar-refractivity contribution is -0.152. The Hall–Kier alpha value is -2.37. The number of carboxylic acid groups (broad SMARTS) is 1. The Kier molecular flexibility index (Phi) is 3.14. The maximum Gasteiger partial charge on any atom is 0.310 e. The maximum atomic E-state index is 11.9. The Labute approximate surface area is 115 Å². The van der Waals surface area contributed by atoms with Crippen LogP contribution in [0.5, 0.6) is 0 Å². The molecular weight excluding hydrogens is 258 g/mol. The molecule has 1 aliphatic rings. The molecule has 6 heteroatoms. The number of aromatic nitrogens is 2. The number of carboxylic acids is 1. The van der Waals surface area contributed by atoms with E-state index < -0.39 is 11.9 Å². The zero-order valence-corrected chi connectivity index (χ0v) is 10.9. The molecule has 1 aromatic heterocycles. The monoisotopic (exact) mass is 273 g/mol. The van der Waals surface area contributed by atoms with Gasteiger partial charge in [-0.3, -0.25) is 9.59 Å². The minimum Gasteiger partial charge on any atom is -0.481 e. The second-order valence-corrected chi connectivity index (χ2v) is 5.01. The van der Waals surface area contributed by atoms with Crippen LogP contribution in [0.15, 0.2) is 30.6 Å². The SMILES string of the molecule is O=C(O)C1CN(C(=O)CCn2cnc3ccccc32)C1. The van der Waals surface area contributed by atoms with E-state index in [0.29, 0.717) is 26.1 Å². The topological polar surface area (TPSA) is 75.4 Å². The van der Waals surface area contributed by atoms with E-state index in [0.717, 1.165) is 11.0 Å². The van der Waals surface area contributed by atoms with Crippen molar-refractivity contribution in [3.05, 3.63) is 30.6 Å². The van der Waals surface area contributed by atoms with Crippen molar-refractivity contribution in [3.8, 4) is 0 Å². The highest BCUT2D eigenvalue weighted by Crippen LogP contribution is 2.18. The molecule has 1 N–H and O–H groups in total. The van der Waals surface area contributed by atoms with Gasteiger partial charge in [0.25, 0.3) is 0 Å². The number of likely N-dealkylation sites (tertiary alicyclic amines) is 1. The summed E-state index contributed by atoms with van der Waals surface area (Å²) < 4.78 is 1.95. The Morgan fingerprint density at radius 2 is 2.05 bits per heavy atom. The molecule has 3 rings (SSSR count). The molecule has 1 aromatic carbocycles. The first-order chi connectivity index (χ1) is 9.65. The molecule has 0 atom stereocenters. The lowest BCUT2D eigenvalue weighted by atomic mass is 10.0. The number of nitrogens with zero attached hydrogens (tertiary/aromatic N) is 3. The van der Waals surface area contributed by atoms with Gasteiger partial charge in [-0.25, -0.2) is 4.98 Å². The number of rotatable bonds is 4. The number of hydrogen-bond donors (Lipinski definition) is 1. The molecule has 2 aromatic rings. The normalized spacial score (nSPS) is 15.3. The first-order valence-electron chi connectivity index (χ1n) is 6.55. The van der Waals surface area contributed by atoms with E-state index in [9.17, 15) is 9.59 Å². The van der Waals surface area contributed by atoms with E-state index in [1.165, 1.54) is 0 Å². The van der Waals surface area contributed by atoms with Gasteiger partial charge in [0.05, 0.1) is 23.3 Å². The van der Waals surface area contributed by atoms with Crippen LogP contribution < -0.4 is 0 Å². The van der Waals surface area contributed by atoms with Crippen molar-refractivity contribution in [1.82, 2.24) is 14.5 Å². The zero-order valence-electron chi connectivity index (χ0n) is 10.9. The van der Waals surface area contributed by atoms with Crippen LogP contribution in [0.25, 0.3) is 11.0 Å². The largest absolute Gasteiger partial charge is 0.481 e. The van der Waals surface area contributed by atoms with Gasteiger partial charge in [0.15, 0.2) is 0 Å². The minimum absolute atomic E-state index is 0.000260. The summed E-state index contributed by atoms with van der Waals surface area (Å²) in [5.41, 5.74) is 1.92. The van der Waals surface area contributed by atoms with Gasteiger partial charge < -0.3 is 14.6 Å². The fourth-order valence-electron chi connectivity index (χ4n) is 2.40. The average molecular weight is 273 g/mol. The molecule has 2 heterocycles. The number of fused-ring (bicyclic) bond motifs is 1. The van der Waals surface area contributed by atoms with Crippen molar-refractivity contribution in [2.75, 3.05) is 13.1 Å². The molecule has 0 aliphatic carbocycles. The molecule has 1 saturated heterocycles. The fraction of sp³-hybridized carbons (Fsp3) is 0.357. The van der Waals surface area contributed by atoms with E-state index in [1.54, 1.807) is 11.2 Å². The molecule has 20 heavy (non-hydrogen) atoms. The second kappa shape index (κ2) is 4.96. The quantitative estimate of drug-likeness (QED) is 0.900. The van der Waals surface area contributed by atoms with Crippen molar-refractivity contribution < 1.29 is 14.7 Å². The molecule has 0 spiro atoms. The summed E-state index contributed by atoms with van der Waals surface area (Å²) in [4.78, 5) is 28.5. The zero-order chi connectivity index (χ0) is 14.1. The highest BCUT2D eigenvalue weighted by atomic mass is 16.4. The lowest BCUT2D eigenvalue weighted by Crippen LogP contribution is -2.53. The van der Waals surface area contributed by atoms with Crippen molar-refractivity contribution >= 4 is 22.9 Å². The number of aryl methyl sites for hydroxylation is 1. The Bertz CT molecular complexity index is 658.